The molecule has 1 saturated heterocycles. The zero-order chi connectivity index (χ0) is 20.4. The lowest BCUT2D eigenvalue weighted by molar-refractivity contribution is -0.145. The zero-order valence-corrected chi connectivity index (χ0v) is 16.5. The summed E-state index contributed by atoms with van der Waals surface area (Å²) in [6.07, 6.45) is 3.52. The van der Waals surface area contributed by atoms with Gasteiger partial charge in [-0.05, 0) is 37.0 Å². The molecule has 0 unspecified atom stereocenters. The Bertz CT molecular complexity index is 828. The number of amides is 5. The normalized spacial score (nSPS) is 22.6. The smallest absolute Gasteiger partial charge is 0.334 e. The number of benzene rings is 1. The number of nitrogens with zero attached hydrogens (tertiary/aromatic N) is 2. The predicted molar refractivity (Wildman–Crippen MR) is 102 cm³/mol. The molecule has 1 aliphatic carbocycles. The number of anilines is 1. The van der Waals surface area contributed by atoms with E-state index in [4.69, 9.17) is 16.3 Å². The van der Waals surface area contributed by atoms with Crippen molar-refractivity contribution in [2.75, 3.05) is 19.0 Å². The van der Waals surface area contributed by atoms with Gasteiger partial charge in [-0.2, -0.15) is 0 Å². The van der Waals surface area contributed by atoms with Crippen LogP contribution in [-0.2, 0) is 14.4 Å². The summed E-state index contributed by atoms with van der Waals surface area (Å²) in [7, 11) is 1.47. The minimum atomic E-state index is -0.967. The highest BCUT2D eigenvalue weighted by Gasteiger charge is 2.49. The number of ether oxygens (including phenoxy) is 1. The van der Waals surface area contributed by atoms with E-state index < -0.39 is 30.3 Å². The van der Waals surface area contributed by atoms with Crippen molar-refractivity contribution in [2.24, 2.45) is 5.92 Å². The van der Waals surface area contributed by atoms with Gasteiger partial charge in [-0.25, -0.2) is 9.69 Å². The first-order chi connectivity index (χ1) is 13.3. The molecule has 1 aliphatic heterocycles. The predicted octanol–water partition coefficient (Wildman–Crippen LogP) is 2.66. The van der Waals surface area contributed by atoms with Crippen molar-refractivity contribution in [3.05, 3.63) is 23.2 Å². The molecule has 0 bridgehead atoms. The number of urea groups is 1. The fourth-order valence-electron chi connectivity index (χ4n) is 3.72. The molecular formula is C19H22ClN3O5. The number of methoxy groups -OCH3 is 1. The second-order valence-electron chi connectivity index (χ2n) is 7.08. The number of imide groups is 2. The van der Waals surface area contributed by atoms with E-state index in [2.05, 4.69) is 5.32 Å². The first kappa shape index (κ1) is 20.1. The summed E-state index contributed by atoms with van der Waals surface area (Å²) in [5.74, 6) is -1.85. The first-order valence-corrected chi connectivity index (χ1v) is 9.53. The molecule has 1 saturated carbocycles. The van der Waals surface area contributed by atoms with Crippen LogP contribution in [0.2, 0.25) is 5.02 Å². The SMILES string of the molecule is COc1ccc(NC(=O)CN2C(=O)C(=O)N([C@@H]3CCCC[C@@H]3C)C2=O)cc1Cl. The summed E-state index contributed by atoms with van der Waals surface area (Å²) in [5, 5.41) is 2.87. The second-order valence-corrected chi connectivity index (χ2v) is 7.48. The van der Waals surface area contributed by atoms with Crippen LogP contribution in [0.15, 0.2) is 18.2 Å². The van der Waals surface area contributed by atoms with Crippen LogP contribution < -0.4 is 10.1 Å². The largest absolute Gasteiger partial charge is 0.495 e. The minimum absolute atomic E-state index is 0.129. The Morgan fingerprint density at radius 1 is 1.21 bits per heavy atom. The molecule has 1 heterocycles. The molecule has 28 heavy (non-hydrogen) atoms. The van der Waals surface area contributed by atoms with E-state index in [1.54, 1.807) is 12.1 Å². The van der Waals surface area contributed by atoms with Crippen molar-refractivity contribution in [1.29, 1.82) is 0 Å². The van der Waals surface area contributed by atoms with Gasteiger partial charge in [-0.15, -0.1) is 0 Å². The molecule has 1 aromatic carbocycles. The standard InChI is InChI=1S/C19H22ClN3O5/c1-11-5-3-4-6-14(11)23-18(26)17(25)22(19(23)27)10-16(24)21-12-7-8-15(28-2)13(20)9-12/h7-9,11,14H,3-6,10H2,1-2H3,(H,21,24)/t11-,14+/m0/s1. The molecule has 8 nitrogen and oxygen atoms in total. The fraction of sp³-hybridized carbons (Fsp3) is 0.474. The fourth-order valence-corrected chi connectivity index (χ4v) is 3.98. The molecule has 1 aromatic rings. The number of hydrogen-bond donors (Lipinski definition) is 1. The summed E-state index contributed by atoms with van der Waals surface area (Å²) in [5.41, 5.74) is 0.388. The molecule has 5 amide bonds. The van der Waals surface area contributed by atoms with Gasteiger partial charge in [0.15, 0.2) is 0 Å². The minimum Gasteiger partial charge on any atom is -0.495 e. The Hall–Kier alpha value is -2.61. The lowest BCUT2D eigenvalue weighted by atomic mass is 9.85. The number of hydrogen-bond acceptors (Lipinski definition) is 5. The maximum Gasteiger partial charge on any atom is 0.334 e. The van der Waals surface area contributed by atoms with Gasteiger partial charge in [0.1, 0.15) is 12.3 Å². The highest BCUT2D eigenvalue weighted by Crippen LogP contribution is 2.31. The lowest BCUT2D eigenvalue weighted by Gasteiger charge is -2.34. The summed E-state index contributed by atoms with van der Waals surface area (Å²) >= 11 is 6.02. The summed E-state index contributed by atoms with van der Waals surface area (Å²) in [6.45, 7) is 1.43. The van der Waals surface area contributed by atoms with Crippen LogP contribution >= 0.6 is 11.6 Å². The monoisotopic (exact) mass is 407 g/mol. The van der Waals surface area contributed by atoms with Gasteiger partial charge in [-0.3, -0.25) is 19.3 Å². The number of halogens is 1. The highest BCUT2D eigenvalue weighted by atomic mass is 35.5. The Balaban J connectivity index is 1.69. The molecule has 0 aromatic heterocycles. The van der Waals surface area contributed by atoms with Crippen LogP contribution in [0.3, 0.4) is 0 Å². The van der Waals surface area contributed by atoms with Crippen molar-refractivity contribution in [1.82, 2.24) is 9.80 Å². The van der Waals surface area contributed by atoms with Crippen LogP contribution in [0.4, 0.5) is 10.5 Å². The van der Waals surface area contributed by atoms with E-state index >= 15 is 0 Å². The Kier molecular flexibility index (Phi) is 5.88. The number of carbonyl (C=O) groups excluding carboxylic acids is 4. The first-order valence-electron chi connectivity index (χ1n) is 9.16. The van der Waals surface area contributed by atoms with E-state index in [-0.39, 0.29) is 12.0 Å². The van der Waals surface area contributed by atoms with E-state index in [0.29, 0.717) is 27.8 Å². The zero-order valence-electron chi connectivity index (χ0n) is 15.7. The molecule has 3 rings (SSSR count). The molecular weight excluding hydrogens is 386 g/mol. The third-order valence-corrected chi connectivity index (χ3v) is 5.51. The van der Waals surface area contributed by atoms with Crippen LogP contribution in [0.1, 0.15) is 32.6 Å². The molecule has 150 valence electrons. The molecule has 2 aliphatic rings. The number of carbonyl (C=O) groups is 4. The molecule has 1 N–H and O–H groups in total. The number of rotatable bonds is 5. The third-order valence-electron chi connectivity index (χ3n) is 5.22. The van der Waals surface area contributed by atoms with E-state index in [0.717, 1.165) is 24.2 Å². The highest BCUT2D eigenvalue weighted by molar-refractivity contribution is 6.45. The maximum atomic E-state index is 12.7. The molecule has 0 radical (unpaired) electrons. The van der Waals surface area contributed by atoms with Crippen LogP contribution in [-0.4, -0.2) is 53.2 Å². The van der Waals surface area contributed by atoms with Gasteiger partial charge in [0.25, 0.3) is 0 Å². The Labute approximate surface area is 167 Å². The van der Waals surface area contributed by atoms with E-state index in [1.807, 2.05) is 6.92 Å². The summed E-state index contributed by atoms with van der Waals surface area (Å²) in [6, 6.07) is 3.63. The Morgan fingerprint density at radius 3 is 2.57 bits per heavy atom. The van der Waals surface area contributed by atoms with E-state index in [9.17, 15) is 19.2 Å². The van der Waals surface area contributed by atoms with Crippen LogP contribution in [0.25, 0.3) is 0 Å². The van der Waals surface area contributed by atoms with Gasteiger partial charge in [0.2, 0.25) is 5.91 Å². The molecule has 2 atom stereocenters. The van der Waals surface area contributed by atoms with Crippen LogP contribution in [0.5, 0.6) is 5.75 Å². The average molecular weight is 408 g/mol. The second kappa shape index (κ2) is 8.18. The van der Waals surface area contributed by atoms with Gasteiger partial charge in [0, 0.05) is 11.7 Å². The van der Waals surface area contributed by atoms with Crippen molar-refractivity contribution in [3.8, 4) is 5.75 Å². The van der Waals surface area contributed by atoms with E-state index in [1.165, 1.54) is 13.2 Å². The maximum absolute atomic E-state index is 12.7. The summed E-state index contributed by atoms with van der Waals surface area (Å²) in [4.78, 5) is 51.4. The number of nitrogens with one attached hydrogen (secondary N) is 1. The average Bonchev–Trinajstić information content (AvgIpc) is 2.86. The topological polar surface area (TPSA) is 96.0 Å². The van der Waals surface area contributed by atoms with Gasteiger partial charge >= 0.3 is 17.8 Å². The van der Waals surface area contributed by atoms with Crippen molar-refractivity contribution in [3.63, 3.8) is 0 Å². The van der Waals surface area contributed by atoms with Gasteiger partial charge in [-0.1, -0.05) is 31.4 Å². The van der Waals surface area contributed by atoms with Crippen molar-refractivity contribution >= 4 is 41.0 Å². The lowest BCUT2D eigenvalue weighted by Crippen LogP contribution is -2.46. The van der Waals surface area contributed by atoms with Crippen LogP contribution in [0, 0.1) is 5.92 Å². The summed E-state index contributed by atoms with van der Waals surface area (Å²) < 4.78 is 5.05. The Morgan fingerprint density at radius 2 is 1.93 bits per heavy atom. The van der Waals surface area contributed by atoms with Crippen molar-refractivity contribution in [2.45, 2.75) is 38.6 Å². The van der Waals surface area contributed by atoms with Gasteiger partial charge in [0.05, 0.1) is 12.1 Å². The molecule has 9 heteroatoms. The third kappa shape index (κ3) is 3.82. The molecule has 0 spiro atoms. The molecule has 2 fully saturated rings. The van der Waals surface area contributed by atoms with Gasteiger partial charge < -0.3 is 10.1 Å². The van der Waals surface area contributed by atoms with Crippen molar-refractivity contribution < 1.29 is 23.9 Å². The quantitative estimate of drug-likeness (QED) is 0.598.